The molecule has 1 aliphatic heterocycles. The molecule has 1 saturated heterocycles. The van der Waals surface area contributed by atoms with E-state index < -0.39 is 5.41 Å². The predicted molar refractivity (Wildman–Crippen MR) is 207 cm³/mol. The average Bonchev–Trinajstić information content (AvgIpc) is 2.84. The van der Waals surface area contributed by atoms with Crippen molar-refractivity contribution in [3.8, 4) is 5.75 Å². The first-order chi connectivity index (χ1) is 21.0. The summed E-state index contributed by atoms with van der Waals surface area (Å²) in [6.45, 7) is 46.7. The number of hydrogen-bond donors (Lipinski definition) is 3. The van der Waals surface area contributed by atoms with Crippen LogP contribution in [0.3, 0.4) is 0 Å². The Hall–Kier alpha value is -1.78. The number of aromatic hydroxyl groups is 1. The molecule has 2 atom stereocenters. The van der Waals surface area contributed by atoms with Gasteiger partial charge in [-0.15, -0.1) is 0 Å². The number of rotatable bonds is 13. The Kier molecular flexibility index (Phi) is 14.6. The van der Waals surface area contributed by atoms with E-state index in [1.54, 1.807) is 0 Å². The van der Waals surface area contributed by atoms with Crippen LogP contribution in [0.2, 0.25) is 0 Å². The lowest BCUT2D eigenvalue weighted by molar-refractivity contribution is 0.0407. The first-order valence-electron chi connectivity index (χ1n) is 18.5. The number of phenolic OH excluding ortho intramolecular Hbond substituents is 1. The summed E-state index contributed by atoms with van der Waals surface area (Å²) >= 11 is 0. The van der Waals surface area contributed by atoms with E-state index in [0.717, 1.165) is 61.8 Å². The van der Waals surface area contributed by atoms with Crippen LogP contribution in [-0.4, -0.2) is 27.8 Å². The SMILES string of the molecule is C=C(CC1CC(C)(C)NC(C)(C)C1)C(C)(CCc1cc(C(C)(C)C)c(O)c(C(C)(C)C)c1)C(=C)OC(CC(C)C)CC(C)(C)N.CC. The molecule has 47 heavy (non-hydrogen) atoms. The van der Waals surface area contributed by atoms with Gasteiger partial charge in [0, 0.05) is 28.5 Å². The third-order valence-electron chi connectivity index (χ3n) is 9.70. The fourth-order valence-electron chi connectivity index (χ4n) is 7.76. The van der Waals surface area contributed by atoms with Gasteiger partial charge in [-0.1, -0.05) is 100 Å². The molecule has 2 unspecified atom stereocenters. The van der Waals surface area contributed by atoms with Crippen molar-refractivity contribution in [2.75, 3.05) is 0 Å². The Morgan fingerprint density at radius 1 is 0.915 bits per heavy atom. The van der Waals surface area contributed by atoms with Crippen molar-refractivity contribution < 1.29 is 9.84 Å². The first kappa shape index (κ1) is 43.2. The highest BCUT2D eigenvalue weighted by Gasteiger charge is 2.41. The molecule has 1 heterocycles. The van der Waals surface area contributed by atoms with Gasteiger partial charge < -0.3 is 20.9 Å². The zero-order valence-corrected chi connectivity index (χ0v) is 34.2. The molecular weight excluding hydrogens is 576 g/mol. The highest BCUT2D eigenvalue weighted by atomic mass is 16.5. The number of nitrogens with one attached hydrogen (secondary N) is 1. The van der Waals surface area contributed by atoms with Gasteiger partial charge in [0.2, 0.25) is 0 Å². The van der Waals surface area contributed by atoms with Crippen molar-refractivity contribution in [2.45, 2.75) is 196 Å². The first-order valence-corrected chi connectivity index (χ1v) is 18.5. The van der Waals surface area contributed by atoms with E-state index in [-0.39, 0.29) is 33.6 Å². The topological polar surface area (TPSA) is 67.5 Å². The van der Waals surface area contributed by atoms with Crippen LogP contribution in [0.5, 0.6) is 5.75 Å². The quantitative estimate of drug-likeness (QED) is 0.146. The summed E-state index contributed by atoms with van der Waals surface area (Å²) in [5.74, 6) is 2.25. The van der Waals surface area contributed by atoms with Crippen molar-refractivity contribution in [1.82, 2.24) is 5.32 Å². The fraction of sp³-hybridized carbons (Fsp3) is 0.767. The van der Waals surface area contributed by atoms with E-state index in [0.29, 0.717) is 17.6 Å². The average molecular weight is 655 g/mol. The van der Waals surface area contributed by atoms with Crippen molar-refractivity contribution in [3.63, 3.8) is 0 Å². The largest absolute Gasteiger partial charge is 0.507 e. The van der Waals surface area contributed by atoms with E-state index in [1.807, 2.05) is 13.8 Å². The minimum Gasteiger partial charge on any atom is -0.507 e. The minimum atomic E-state index is -0.422. The molecule has 0 bridgehead atoms. The molecule has 0 radical (unpaired) electrons. The van der Waals surface area contributed by atoms with Crippen LogP contribution in [0.25, 0.3) is 0 Å². The van der Waals surface area contributed by atoms with E-state index in [2.05, 4.69) is 128 Å². The molecule has 4 nitrogen and oxygen atoms in total. The van der Waals surface area contributed by atoms with Crippen LogP contribution in [0.4, 0.5) is 0 Å². The number of allylic oxidation sites excluding steroid dienone is 1. The molecule has 272 valence electrons. The number of phenols is 1. The van der Waals surface area contributed by atoms with Crippen molar-refractivity contribution in [2.24, 2.45) is 23.0 Å². The molecule has 4 N–H and O–H groups in total. The van der Waals surface area contributed by atoms with Crippen LogP contribution in [0, 0.1) is 17.3 Å². The summed E-state index contributed by atoms with van der Waals surface area (Å²) in [6.07, 6.45) is 6.53. The zero-order chi connectivity index (χ0) is 37.0. The summed E-state index contributed by atoms with van der Waals surface area (Å²) in [6, 6.07) is 4.43. The van der Waals surface area contributed by atoms with Gasteiger partial charge in [-0.05, 0) is 126 Å². The molecule has 0 spiro atoms. The van der Waals surface area contributed by atoms with Crippen LogP contribution in [0.15, 0.2) is 36.6 Å². The smallest absolute Gasteiger partial charge is 0.123 e. The number of benzene rings is 1. The lowest BCUT2D eigenvalue weighted by Gasteiger charge is -2.48. The molecule has 1 aliphatic rings. The van der Waals surface area contributed by atoms with E-state index >= 15 is 0 Å². The Balaban J connectivity index is 0.00000541. The van der Waals surface area contributed by atoms with Gasteiger partial charge in [-0.25, -0.2) is 0 Å². The van der Waals surface area contributed by atoms with Gasteiger partial charge >= 0.3 is 0 Å². The summed E-state index contributed by atoms with van der Waals surface area (Å²) < 4.78 is 6.87. The molecule has 0 aromatic heterocycles. The second-order valence-corrected chi connectivity index (χ2v) is 19.3. The predicted octanol–water partition coefficient (Wildman–Crippen LogP) is 11.5. The number of aryl methyl sites for hydroxylation is 1. The molecule has 1 aromatic carbocycles. The highest BCUT2D eigenvalue weighted by Crippen LogP contribution is 2.47. The zero-order valence-electron chi connectivity index (χ0n) is 34.2. The number of hydrogen-bond acceptors (Lipinski definition) is 4. The maximum absolute atomic E-state index is 11.4. The summed E-state index contributed by atoms with van der Waals surface area (Å²) in [4.78, 5) is 0. The van der Waals surface area contributed by atoms with Crippen molar-refractivity contribution in [1.29, 1.82) is 0 Å². The van der Waals surface area contributed by atoms with Gasteiger partial charge in [-0.3, -0.25) is 0 Å². The molecule has 1 fully saturated rings. The van der Waals surface area contributed by atoms with Crippen LogP contribution >= 0.6 is 0 Å². The van der Waals surface area contributed by atoms with Crippen LogP contribution in [0.1, 0.15) is 173 Å². The molecule has 1 aromatic rings. The van der Waals surface area contributed by atoms with E-state index in [1.165, 1.54) is 11.1 Å². The molecule has 0 amide bonds. The van der Waals surface area contributed by atoms with Gasteiger partial charge in [-0.2, -0.15) is 0 Å². The summed E-state index contributed by atoms with van der Waals surface area (Å²) in [5, 5.41) is 15.2. The number of piperidine rings is 1. The Morgan fingerprint density at radius 3 is 1.74 bits per heavy atom. The van der Waals surface area contributed by atoms with E-state index in [9.17, 15) is 5.11 Å². The van der Waals surface area contributed by atoms with Gasteiger partial charge in [0.15, 0.2) is 0 Å². The molecule has 2 rings (SSSR count). The Bertz CT molecular complexity index is 1110. The second-order valence-electron chi connectivity index (χ2n) is 19.3. The van der Waals surface area contributed by atoms with Gasteiger partial charge in [0.1, 0.15) is 11.9 Å². The maximum Gasteiger partial charge on any atom is 0.123 e. The molecule has 0 aliphatic carbocycles. The maximum atomic E-state index is 11.4. The van der Waals surface area contributed by atoms with Crippen molar-refractivity contribution in [3.05, 3.63) is 53.3 Å². The number of nitrogens with two attached hydrogens (primary N) is 1. The van der Waals surface area contributed by atoms with Gasteiger partial charge in [0.05, 0.1) is 5.76 Å². The van der Waals surface area contributed by atoms with E-state index in [4.69, 9.17) is 17.0 Å². The Labute approximate surface area is 292 Å². The Morgan fingerprint density at radius 2 is 1.36 bits per heavy atom. The third-order valence-corrected chi connectivity index (χ3v) is 9.70. The summed E-state index contributed by atoms with van der Waals surface area (Å²) in [7, 11) is 0. The molecule has 4 heteroatoms. The molecular formula is C43H78N2O2. The fourth-order valence-corrected chi connectivity index (χ4v) is 7.76. The monoisotopic (exact) mass is 655 g/mol. The molecule has 0 saturated carbocycles. The van der Waals surface area contributed by atoms with Crippen LogP contribution in [-0.2, 0) is 22.0 Å². The number of ether oxygens (including phenoxy) is 1. The lowest BCUT2D eigenvalue weighted by atomic mass is 9.68. The van der Waals surface area contributed by atoms with Crippen LogP contribution < -0.4 is 11.1 Å². The minimum absolute atomic E-state index is 0.00460. The van der Waals surface area contributed by atoms with Crippen molar-refractivity contribution >= 4 is 0 Å². The second kappa shape index (κ2) is 15.8. The lowest BCUT2D eigenvalue weighted by Crippen LogP contribution is -2.57. The standard InChI is InChI=1S/C41H72N2O2.C2H6/c1-27(2)20-32(26-38(11,12)42)45-29(4)41(17,28(3)21-31-24-39(13,14)43-40(15,16)25-31)19-18-30-22-33(36(5,6)7)35(44)34(23-30)37(8,9)10;1-2/h22-23,27,31-32,43-44H,3-4,18-21,24-26,42H2,1-2,5-17H3;1-2H3. The highest BCUT2D eigenvalue weighted by molar-refractivity contribution is 5.50. The third kappa shape index (κ3) is 13.2. The summed E-state index contributed by atoms with van der Waals surface area (Å²) in [5.41, 5.74) is 10.0. The van der Waals surface area contributed by atoms with Gasteiger partial charge in [0.25, 0.3) is 0 Å². The normalized spacial score (nSPS) is 19.0.